The Morgan fingerprint density at radius 2 is 1.74 bits per heavy atom. The molecule has 2 aliphatic rings. The summed E-state index contributed by atoms with van der Waals surface area (Å²) in [5.74, 6) is -0.0179. The molecule has 0 unspecified atom stereocenters. The summed E-state index contributed by atoms with van der Waals surface area (Å²) in [5.41, 5.74) is 1.62. The fourth-order valence-corrected chi connectivity index (χ4v) is 3.59. The summed E-state index contributed by atoms with van der Waals surface area (Å²) in [6.07, 6.45) is 4.24. The summed E-state index contributed by atoms with van der Waals surface area (Å²) in [6.45, 7) is 0. The van der Waals surface area contributed by atoms with Crippen molar-refractivity contribution < 1.29 is 14.0 Å². The number of para-hydroxylation sites is 2. The molecule has 1 aliphatic carbocycles. The molecule has 1 N–H and O–H groups in total. The van der Waals surface area contributed by atoms with Gasteiger partial charge in [-0.3, -0.25) is 14.5 Å². The Morgan fingerprint density at radius 3 is 2.43 bits per heavy atom. The predicted octanol–water partition coefficient (Wildman–Crippen LogP) is 2.70. The van der Waals surface area contributed by atoms with Crippen molar-refractivity contribution in [1.82, 2.24) is 9.88 Å². The maximum absolute atomic E-state index is 11.8. The Balaban J connectivity index is 1.38. The van der Waals surface area contributed by atoms with Crippen molar-refractivity contribution in [1.29, 1.82) is 0 Å². The van der Waals surface area contributed by atoms with Gasteiger partial charge in [0.25, 0.3) is 6.01 Å². The quantitative estimate of drug-likeness (QED) is 0.882. The molecule has 0 bridgehead atoms. The molecule has 0 spiro atoms. The van der Waals surface area contributed by atoms with Gasteiger partial charge in [-0.15, -0.1) is 0 Å². The smallest absolute Gasteiger partial charge is 0.295 e. The molecule has 2 fully saturated rings. The van der Waals surface area contributed by atoms with Crippen molar-refractivity contribution in [2.24, 2.45) is 0 Å². The molecular formula is C17H19N3O3. The van der Waals surface area contributed by atoms with Crippen LogP contribution in [0.15, 0.2) is 28.7 Å². The van der Waals surface area contributed by atoms with E-state index in [9.17, 15) is 9.59 Å². The van der Waals surface area contributed by atoms with Crippen LogP contribution >= 0.6 is 0 Å². The summed E-state index contributed by atoms with van der Waals surface area (Å²) in [6, 6.07) is 8.56. The zero-order valence-electron chi connectivity index (χ0n) is 12.8. The summed E-state index contributed by atoms with van der Waals surface area (Å²) >= 11 is 0. The van der Waals surface area contributed by atoms with Crippen molar-refractivity contribution in [3.05, 3.63) is 24.3 Å². The number of amides is 2. The van der Waals surface area contributed by atoms with E-state index in [1.165, 1.54) is 4.90 Å². The molecule has 23 heavy (non-hydrogen) atoms. The second kappa shape index (κ2) is 5.68. The van der Waals surface area contributed by atoms with E-state index in [-0.39, 0.29) is 23.9 Å². The van der Waals surface area contributed by atoms with Crippen LogP contribution < -0.4 is 5.32 Å². The molecule has 2 amide bonds. The molecule has 6 nitrogen and oxygen atoms in total. The summed E-state index contributed by atoms with van der Waals surface area (Å²) in [4.78, 5) is 29.6. The number of likely N-dealkylation sites (tertiary alicyclic amines) is 1. The van der Waals surface area contributed by atoms with Crippen LogP contribution in [0.1, 0.15) is 38.5 Å². The number of imide groups is 1. The third-order valence-corrected chi connectivity index (χ3v) is 4.77. The van der Waals surface area contributed by atoms with Crippen LogP contribution in [-0.2, 0) is 9.59 Å². The van der Waals surface area contributed by atoms with Crippen LogP contribution in [0, 0.1) is 0 Å². The molecule has 1 aliphatic heterocycles. The zero-order valence-corrected chi connectivity index (χ0v) is 12.8. The fraction of sp³-hybridized carbons (Fsp3) is 0.471. The standard InChI is InChI=1S/C17H19N3O3/c21-15-9-10-16(22)20(15)12-7-5-11(6-8-12)18-17-19-13-3-1-2-4-14(13)23-17/h1-4,11-12H,5-10H2,(H,18,19). The van der Waals surface area contributed by atoms with Gasteiger partial charge in [-0.1, -0.05) is 12.1 Å². The largest absolute Gasteiger partial charge is 0.424 e. The third-order valence-electron chi connectivity index (χ3n) is 4.77. The van der Waals surface area contributed by atoms with Gasteiger partial charge in [0.2, 0.25) is 11.8 Å². The van der Waals surface area contributed by atoms with E-state index in [4.69, 9.17) is 4.42 Å². The highest BCUT2D eigenvalue weighted by Crippen LogP contribution is 2.29. The first-order valence-electron chi connectivity index (χ1n) is 8.18. The molecule has 4 rings (SSSR count). The number of nitrogens with zero attached hydrogens (tertiary/aromatic N) is 2. The van der Waals surface area contributed by atoms with Gasteiger partial charge in [0.1, 0.15) is 5.52 Å². The van der Waals surface area contributed by atoms with E-state index in [2.05, 4.69) is 10.3 Å². The fourth-order valence-electron chi connectivity index (χ4n) is 3.59. The van der Waals surface area contributed by atoms with Crippen LogP contribution in [0.2, 0.25) is 0 Å². The number of anilines is 1. The van der Waals surface area contributed by atoms with Crippen molar-refractivity contribution in [3.63, 3.8) is 0 Å². The second-order valence-corrected chi connectivity index (χ2v) is 6.29. The average Bonchev–Trinajstić information content (AvgIpc) is 3.11. The van der Waals surface area contributed by atoms with Gasteiger partial charge < -0.3 is 9.73 Å². The first kappa shape index (κ1) is 14.2. The first-order valence-corrected chi connectivity index (χ1v) is 8.18. The van der Waals surface area contributed by atoms with Crippen LogP contribution in [0.25, 0.3) is 11.1 Å². The second-order valence-electron chi connectivity index (χ2n) is 6.29. The van der Waals surface area contributed by atoms with E-state index in [0.29, 0.717) is 18.9 Å². The molecule has 120 valence electrons. The highest BCUT2D eigenvalue weighted by Gasteiger charge is 2.36. The number of hydrogen-bond acceptors (Lipinski definition) is 5. The van der Waals surface area contributed by atoms with E-state index >= 15 is 0 Å². The number of benzene rings is 1. The molecule has 2 heterocycles. The molecule has 1 aromatic heterocycles. The van der Waals surface area contributed by atoms with Crippen molar-refractivity contribution in [3.8, 4) is 0 Å². The number of rotatable bonds is 3. The normalized spacial score (nSPS) is 25.3. The van der Waals surface area contributed by atoms with Gasteiger partial charge >= 0.3 is 0 Å². The van der Waals surface area contributed by atoms with Crippen LogP contribution in [0.3, 0.4) is 0 Å². The number of fused-ring (bicyclic) bond motifs is 1. The van der Waals surface area contributed by atoms with E-state index in [1.54, 1.807) is 0 Å². The minimum Gasteiger partial charge on any atom is -0.424 e. The number of aromatic nitrogens is 1. The number of carbonyl (C=O) groups is 2. The molecule has 1 saturated heterocycles. The minimum absolute atomic E-state index is 0.00893. The lowest BCUT2D eigenvalue weighted by atomic mass is 9.90. The lowest BCUT2D eigenvalue weighted by molar-refractivity contribution is -0.141. The molecule has 1 aromatic carbocycles. The highest BCUT2D eigenvalue weighted by atomic mass is 16.4. The summed E-state index contributed by atoms with van der Waals surface area (Å²) in [5, 5.41) is 3.34. The topological polar surface area (TPSA) is 75.4 Å². The number of hydrogen-bond donors (Lipinski definition) is 1. The predicted molar refractivity (Wildman–Crippen MR) is 84.8 cm³/mol. The average molecular weight is 313 g/mol. The number of oxazole rings is 1. The lowest BCUT2D eigenvalue weighted by Crippen LogP contribution is -2.43. The lowest BCUT2D eigenvalue weighted by Gasteiger charge is -2.33. The minimum atomic E-state index is -0.00893. The Labute approximate surface area is 133 Å². The molecule has 0 radical (unpaired) electrons. The molecule has 6 heteroatoms. The van der Waals surface area contributed by atoms with Crippen molar-refractivity contribution in [2.45, 2.75) is 50.6 Å². The first-order chi connectivity index (χ1) is 11.2. The summed E-state index contributed by atoms with van der Waals surface area (Å²) in [7, 11) is 0. The van der Waals surface area contributed by atoms with Gasteiger partial charge in [-0.2, -0.15) is 4.98 Å². The molecule has 1 saturated carbocycles. The van der Waals surface area contributed by atoms with E-state index in [0.717, 1.165) is 36.8 Å². The highest BCUT2D eigenvalue weighted by molar-refractivity contribution is 6.02. The zero-order chi connectivity index (χ0) is 15.8. The van der Waals surface area contributed by atoms with E-state index < -0.39 is 0 Å². The van der Waals surface area contributed by atoms with Gasteiger partial charge in [-0.05, 0) is 37.8 Å². The summed E-state index contributed by atoms with van der Waals surface area (Å²) < 4.78 is 5.69. The SMILES string of the molecule is O=C1CCC(=O)N1C1CCC(Nc2nc3ccccc3o2)CC1. The van der Waals surface area contributed by atoms with E-state index in [1.807, 2.05) is 24.3 Å². The van der Waals surface area contributed by atoms with Gasteiger partial charge in [-0.25, -0.2) is 0 Å². The number of carbonyl (C=O) groups excluding carboxylic acids is 2. The number of nitrogens with one attached hydrogen (secondary N) is 1. The molecular weight excluding hydrogens is 294 g/mol. The Kier molecular flexibility index (Phi) is 3.52. The van der Waals surface area contributed by atoms with Crippen LogP contribution in [0.5, 0.6) is 0 Å². The Hall–Kier alpha value is -2.37. The maximum atomic E-state index is 11.8. The Morgan fingerprint density at radius 1 is 1.04 bits per heavy atom. The molecule has 0 atom stereocenters. The van der Waals surface area contributed by atoms with Crippen molar-refractivity contribution in [2.75, 3.05) is 5.32 Å². The maximum Gasteiger partial charge on any atom is 0.295 e. The molecule has 2 aromatic rings. The van der Waals surface area contributed by atoms with Gasteiger partial charge in [0.05, 0.1) is 0 Å². The van der Waals surface area contributed by atoms with Crippen LogP contribution in [-0.4, -0.2) is 33.8 Å². The third kappa shape index (κ3) is 2.69. The Bertz CT molecular complexity index is 697. The monoisotopic (exact) mass is 313 g/mol. The van der Waals surface area contributed by atoms with Crippen molar-refractivity contribution >= 4 is 28.9 Å². The van der Waals surface area contributed by atoms with Gasteiger partial charge in [0, 0.05) is 24.9 Å². The van der Waals surface area contributed by atoms with Gasteiger partial charge in [0.15, 0.2) is 5.58 Å². The van der Waals surface area contributed by atoms with Crippen LogP contribution in [0.4, 0.5) is 6.01 Å².